The molecule has 1 aliphatic heterocycles. The van der Waals surface area contributed by atoms with Crippen molar-refractivity contribution in [3.05, 3.63) is 94.5 Å². The van der Waals surface area contributed by atoms with Crippen LogP contribution in [0.1, 0.15) is 40.3 Å². The number of carbonyl (C=O) groups is 4. The van der Waals surface area contributed by atoms with E-state index in [0.29, 0.717) is 17.0 Å². The Kier molecular flexibility index (Phi) is 7.21. The number of hydrogen-bond acceptors (Lipinski definition) is 7. The molecular formula is C26H22ClN3O6. The zero-order valence-electron chi connectivity index (χ0n) is 19.4. The van der Waals surface area contributed by atoms with Gasteiger partial charge in [-0.25, -0.2) is 9.69 Å². The van der Waals surface area contributed by atoms with Crippen LogP contribution in [0, 0.1) is 0 Å². The van der Waals surface area contributed by atoms with Gasteiger partial charge in [-0.3, -0.25) is 14.4 Å². The van der Waals surface area contributed by atoms with Crippen molar-refractivity contribution in [3.8, 4) is 0 Å². The van der Waals surface area contributed by atoms with E-state index in [1.807, 2.05) is 0 Å². The number of halogens is 1. The maximum absolute atomic E-state index is 13.0. The Morgan fingerprint density at radius 1 is 0.972 bits per heavy atom. The molecule has 0 unspecified atom stereocenters. The number of amides is 3. The second-order valence-electron chi connectivity index (χ2n) is 8.10. The van der Waals surface area contributed by atoms with E-state index in [1.54, 1.807) is 50.2 Å². The second-order valence-corrected chi connectivity index (χ2v) is 8.48. The standard InChI is InChI=1S/C26H22ClN3O6/c1-15(2)36-26(34)17-7-11-19(12-8-17)30-24(32)21(27)22(25(30)33)29-18-9-5-16(6-10-18)23(31)28-14-20-4-3-13-35-20/h3-13,15,29H,14H2,1-2H3,(H,28,31). The summed E-state index contributed by atoms with van der Waals surface area (Å²) < 4.78 is 10.3. The molecule has 0 fully saturated rings. The van der Waals surface area contributed by atoms with E-state index in [1.165, 1.54) is 30.5 Å². The third kappa shape index (κ3) is 5.31. The Balaban J connectivity index is 1.42. The number of imide groups is 1. The summed E-state index contributed by atoms with van der Waals surface area (Å²) in [6.07, 6.45) is 1.25. The molecule has 2 aromatic carbocycles. The highest BCUT2D eigenvalue weighted by molar-refractivity contribution is 6.53. The number of benzene rings is 2. The van der Waals surface area contributed by atoms with Gasteiger partial charge in [-0.15, -0.1) is 0 Å². The molecule has 1 aromatic heterocycles. The molecule has 2 N–H and O–H groups in total. The summed E-state index contributed by atoms with van der Waals surface area (Å²) >= 11 is 6.19. The van der Waals surface area contributed by atoms with Crippen LogP contribution >= 0.6 is 11.6 Å². The molecule has 9 nitrogen and oxygen atoms in total. The average Bonchev–Trinajstić information content (AvgIpc) is 3.46. The third-order valence-corrected chi connectivity index (χ3v) is 5.50. The predicted molar refractivity (Wildman–Crippen MR) is 132 cm³/mol. The summed E-state index contributed by atoms with van der Waals surface area (Å²) in [5.74, 6) is -1.53. The Hall–Kier alpha value is -4.37. The van der Waals surface area contributed by atoms with Gasteiger partial charge in [0.1, 0.15) is 16.5 Å². The first-order valence-corrected chi connectivity index (χ1v) is 11.4. The number of ether oxygens (including phenoxy) is 1. The molecule has 0 spiro atoms. The van der Waals surface area contributed by atoms with Gasteiger partial charge in [-0.1, -0.05) is 11.6 Å². The molecule has 4 rings (SSSR count). The van der Waals surface area contributed by atoms with Crippen molar-refractivity contribution in [2.75, 3.05) is 10.2 Å². The van der Waals surface area contributed by atoms with Crippen LogP contribution in [0.5, 0.6) is 0 Å². The highest BCUT2D eigenvalue weighted by atomic mass is 35.5. The summed E-state index contributed by atoms with van der Waals surface area (Å²) in [5.41, 5.74) is 1.31. The molecular weight excluding hydrogens is 486 g/mol. The zero-order valence-corrected chi connectivity index (χ0v) is 20.2. The van der Waals surface area contributed by atoms with Gasteiger partial charge in [0, 0.05) is 11.3 Å². The fourth-order valence-electron chi connectivity index (χ4n) is 3.41. The van der Waals surface area contributed by atoms with Crippen LogP contribution in [0.3, 0.4) is 0 Å². The van der Waals surface area contributed by atoms with Crippen LogP contribution in [0.15, 0.2) is 82.1 Å². The fraction of sp³-hybridized carbons (Fsp3) is 0.154. The number of nitrogens with one attached hydrogen (secondary N) is 2. The summed E-state index contributed by atoms with van der Waals surface area (Å²) in [6.45, 7) is 3.72. The van der Waals surface area contributed by atoms with E-state index < -0.39 is 17.8 Å². The molecule has 0 atom stereocenters. The largest absolute Gasteiger partial charge is 0.467 e. The molecule has 2 heterocycles. The normalized spacial score (nSPS) is 13.4. The lowest BCUT2D eigenvalue weighted by molar-refractivity contribution is -0.120. The molecule has 36 heavy (non-hydrogen) atoms. The lowest BCUT2D eigenvalue weighted by Crippen LogP contribution is -2.32. The van der Waals surface area contributed by atoms with E-state index in [-0.39, 0.29) is 40.5 Å². The highest BCUT2D eigenvalue weighted by Gasteiger charge is 2.39. The number of carbonyl (C=O) groups excluding carboxylic acids is 4. The molecule has 0 saturated carbocycles. The smallest absolute Gasteiger partial charge is 0.338 e. The molecule has 0 saturated heterocycles. The minimum absolute atomic E-state index is 0.0972. The Morgan fingerprint density at radius 3 is 2.25 bits per heavy atom. The molecule has 3 amide bonds. The third-order valence-electron chi connectivity index (χ3n) is 5.15. The van der Waals surface area contributed by atoms with E-state index in [0.717, 1.165) is 4.90 Å². The van der Waals surface area contributed by atoms with Crippen LogP contribution in [-0.4, -0.2) is 29.8 Å². The Morgan fingerprint density at radius 2 is 1.64 bits per heavy atom. The maximum atomic E-state index is 13.0. The summed E-state index contributed by atoms with van der Waals surface area (Å²) in [7, 11) is 0. The number of rotatable bonds is 8. The Bertz CT molecular complexity index is 1330. The van der Waals surface area contributed by atoms with Gasteiger partial charge >= 0.3 is 5.97 Å². The minimum atomic E-state index is -0.699. The van der Waals surface area contributed by atoms with E-state index in [9.17, 15) is 19.2 Å². The van der Waals surface area contributed by atoms with Crippen LogP contribution in [0.2, 0.25) is 0 Å². The average molecular weight is 508 g/mol. The van der Waals surface area contributed by atoms with Crippen molar-refractivity contribution in [3.63, 3.8) is 0 Å². The van der Waals surface area contributed by atoms with Crippen molar-refractivity contribution in [2.45, 2.75) is 26.5 Å². The Labute approximate surface area is 211 Å². The summed E-state index contributed by atoms with van der Waals surface area (Å²) in [4.78, 5) is 51.0. The molecule has 1 aliphatic rings. The minimum Gasteiger partial charge on any atom is -0.467 e. The van der Waals surface area contributed by atoms with Gasteiger partial charge in [0.15, 0.2) is 0 Å². The molecule has 0 bridgehead atoms. The first-order valence-electron chi connectivity index (χ1n) is 11.0. The second kappa shape index (κ2) is 10.5. The topological polar surface area (TPSA) is 118 Å². The number of esters is 1. The van der Waals surface area contributed by atoms with Gasteiger partial charge in [0.05, 0.1) is 30.2 Å². The quantitative estimate of drug-likeness (QED) is 0.346. The molecule has 0 radical (unpaired) electrons. The first kappa shape index (κ1) is 24.7. The number of nitrogens with zero attached hydrogens (tertiary/aromatic N) is 1. The van der Waals surface area contributed by atoms with Crippen LogP contribution in [-0.2, 0) is 20.9 Å². The van der Waals surface area contributed by atoms with Crippen molar-refractivity contribution < 1.29 is 28.3 Å². The maximum Gasteiger partial charge on any atom is 0.338 e. The molecule has 184 valence electrons. The fourth-order valence-corrected chi connectivity index (χ4v) is 3.62. The lowest BCUT2D eigenvalue weighted by atomic mass is 10.2. The highest BCUT2D eigenvalue weighted by Crippen LogP contribution is 2.30. The lowest BCUT2D eigenvalue weighted by Gasteiger charge is -2.16. The number of furan rings is 1. The van der Waals surface area contributed by atoms with Gasteiger partial charge in [-0.05, 0) is 74.5 Å². The van der Waals surface area contributed by atoms with E-state index >= 15 is 0 Å². The first-order chi connectivity index (χ1) is 17.2. The van der Waals surface area contributed by atoms with E-state index in [4.69, 9.17) is 20.8 Å². The zero-order chi connectivity index (χ0) is 25.8. The van der Waals surface area contributed by atoms with Gasteiger partial charge in [0.2, 0.25) is 0 Å². The van der Waals surface area contributed by atoms with Crippen LogP contribution < -0.4 is 15.5 Å². The van der Waals surface area contributed by atoms with Crippen LogP contribution in [0.25, 0.3) is 0 Å². The summed E-state index contributed by atoms with van der Waals surface area (Å²) in [5, 5.41) is 5.32. The van der Waals surface area contributed by atoms with Crippen molar-refractivity contribution >= 4 is 46.7 Å². The van der Waals surface area contributed by atoms with Gasteiger partial charge in [0.25, 0.3) is 17.7 Å². The van der Waals surface area contributed by atoms with Gasteiger partial charge < -0.3 is 19.8 Å². The predicted octanol–water partition coefficient (Wildman–Crippen LogP) is 4.21. The van der Waals surface area contributed by atoms with Crippen molar-refractivity contribution in [2.24, 2.45) is 0 Å². The monoisotopic (exact) mass is 507 g/mol. The SMILES string of the molecule is CC(C)OC(=O)c1ccc(N2C(=O)C(Cl)=C(Nc3ccc(C(=O)NCc4ccco4)cc3)C2=O)cc1. The van der Waals surface area contributed by atoms with E-state index in [2.05, 4.69) is 10.6 Å². The molecule has 3 aromatic rings. The van der Waals surface area contributed by atoms with Gasteiger partial charge in [-0.2, -0.15) is 0 Å². The van der Waals surface area contributed by atoms with Crippen molar-refractivity contribution in [1.29, 1.82) is 0 Å². The van der Waals surface area contributed by atoms with Crippen LogP contribution in [0.4, 0.5) is 11.4 Å². The molecule has 10 heteroatoms. The van der Waals surface area contributed by atoms with Crippen molar-refractivity contribution in [1.82, 2.24) is 5.32 Å². The number of hydrogen-bond donors (Lipinski definition) is 2. The summed E-state index contributed by atoms with van der Waals surface area (Å²) in [6, 6.07) is 15.7. The number of anilines is 2. The molecule has 0 aliphatic carbocycles.